The quantitative estimate of drug-likeness (QED) is 0.171. The molecule has 1 atom stereocenters. The third kappa shape index (κ3) is 14.8. The maximum absolute atomic E-state index is 12.2. The smallest absolute Gasteiger partial charge is 0.269 e. The summed E-state index contributed by atoms with van der Waals surface area (Å²) < 4.78 is 23.5. The molecule has 0 aromatic carbocycles. The Hall–Kier alpha value is -3.57. The van der Waals surface area contributed by atoms with E-state index in [1.165, 1.54) is 19.1 Å². The van der Waals surface area contributed by atoms with E-state index < -0.39 is 38.6 Å². The molecule has 0 bridgehead atoms. The van der Waals surface area contributed by atoms with Crippen LogP contribution in [-0.2, 0) is 24.2 Å². The van der Waals surface area contributed by atoms with Gasteiger partial charge in [-0.05, 0) is 45.0 Å². The SMILES string of the molecule is CC.CCCCNCCCNC(=O)C(C)NC(=O)CNC(=O)CCNC(=O)c1ccc(C#N)c(S(C)(=O)=O)n1. The monoisotopic (exact) mass is 567 g/mol. The van der Waals surface area contributed by atoms with Gasteiger partial charge in [0.15, 0.2) is 14.9 Å². The van der Waals surface area contributed by atoms with E-state index in [1.54, 1.807) is 6.07 Å². The van der Waals surface area contributed by atoms with E-state index in [0.29, 0.717) is 6.54 Å². The van der Waals surface area contributed by atoms with Crippen molar-refractivity contribution >= 4 is 33.5 Å². The van der Waals surface area contributed by atoms with E-state index in [9.17, 15) is 27.6 Å². The maximum Gasteiger partial charge on any atom is 0.269 e. The van der Waals surface area contributed by atoms with Crippen LogP contribution in [0.2, 0.25) is 0 Å². The van der Waals surface area contributed by atoms with E-state index in [-0.39, 0.29) is 36.7 Å². The minimum atomic E-state index is -3.82. The number of unbranched alkanes of at least 4 members (excludes halogenated alkanes) is 1. The van der Waals surface area contributed by atoms with Gasteiger partial charge in [0.2, 0.25) is 17.7 Å². The van der Waals surface area contributed by atoms with Crippen LogP contribution in [0.1, 0.15) is 69.4 Å². The number of nitrogens with zero attached hydrogens (tertiary/aromatic N) is 2. The zero-order chi connectivity index (χ0) is 29.8. The molecule has 218 valence electrons. The van der Waals surface area contributed by atoms with E-state index >= 15 is 0 Å². The number of pyridine rings is 1. The van der Waals surface area contributed by atoms with Crippen LogP contribution in [0, 0.1) is 11.3 Å². The average molecular weight is 568 g/mol. The number of aromatic nitrogens is 1. The molecule has 4 amide bonds. The van der Waals surface area contributed by atoms with Crippen molar-refractivity contribution in [3.05, 3.63) is 23.4 Å². The maximum atomic E-state index is 12.2. The van der Waals surface area contributed by atoms with Crippen LogP contribution in [0.15, 0.2) is 17.2 Å². The van der Waals surface area contributed by atoms with Gasteiger partial charge in [0.1, 0.15) is 17.8 Å². The molecule has 39 heavy (non-hydrogen) atoms. The van der Waals surface area contributed by atoms with Crippen LogP contribution >= 0.6 is 0 Å². The van der Waals surface area contributed by atoms with Crippen molar-refractivity contribution in [1.82, 2.24) is 31.6 Å². The molecular formula is C25H41N7O6S. The molecular weight excluding hydrogens is 526 g/mol. The summed E-state index contributed by atoms with van der Waals surface area (Å²) in [5.74, 6) is -2.12. The van der Waals surface area contributed by atoms with Crippen LogP contribution < -0.4 is 26.6 Å². The highest BCUT2D eigenvalue weighted by Crippen LogP contribution is 2.13. The number of hydrogen-bond acceptors (Lipinski definition) is 9. The molecule has 0 saturated heterocycles. The number of hydrogen-bond donors (Lipinski definition) is 5. The van der Waals surface area contributed by atoms with Gasteiger partial charge in [0.25, 0.3) is 5.91 Å². The van der Waals surface area contributed by atoms with Crippen LogP contribution in [0.25, 0.3) is 0 Å². The number of carbonyl (C=O) groups excluding carboxylic acids is 4. The van der Waals surface area contributed by atoms with E-state index in [1.807, 2.05) is 13.8 Å². The van der Waals surface area contributed by atoms with Crippen LogP contribution in [0.3, 0.4) is 0 Å². The Balaban J connectivity index is 0.00000704. The number of amides is 4. The Bertz CT molecular complexity index is 1100. The molecule has 0 saturated carbocycles. The molecule has 0 aliphatic rings. The van der Waals surface area contributed by atoms with Crippen LogP contribution in [0.5, 0.6) is 0 Å². The summed E-state index contributed by atoms with van der Waals surface area (Å²) >= 11 is 0. The molecule has 1 aromatic rings. The Morgan fingerprint density at radius 1 is 0.974 bits per heavy atom. The van der Waals surface area contributed by atoms with Gasteiger partial charge >= 0.3 is 0 Å². The van der Waals surface area contributed by atoms with Crippen LogP contribution in [0.4, 0.5) is 0 Å². The Labute approximate surface area is 230 Å². The molecule has 14 heteroatoms. The Morgan fingerprint density at radius 3 is 2.26 bits per heavy atom. The van der Waals surface area contributed by atoms with Crippen molar-refractivity contribution in [1.29, 1.82) is 5.26 Å². The van der Waals surface area contributed by atoms with Gasteiger partial charge in [-0.3, -0.25) is 19.2 Å². The van der Waals surface area contributed by atoms with E-state index in [4.69, 9.17) is 5.26 Å². The average Bonchev–Trinajstić information content (AvgIpc) is 2.91. The highest BCUT2D eigenvalue weighted by atomic mass is 32.2. The zero-order valence-electron chi connectivity index (χ0n) is 23.3. The standard InChI is InChI=1S/C23H35N7O6S.C2H6/c1-4-5-10-25-11-6-12-26-21(33)16(2)29-20(32)15-28-19(31)9-13-27-22(34)18-8-7-17(14-24)23(30-18)37(3,35)36;1-2/h7-8,16,25H,4-6,9-13,15H2,1-3H3,(H,26,33)(H,27,34)(H,28,31)(H,29,32);1-2H3. The third-order valence-electron chi connectivity index (χ3n) is 4.96. The molecule has 0 spiro atoms. The molecule has 0 fully saturated rings. The lowest BCUT2D eigenvalue weighted by molar-refractivity contribution is -0.129. The summed E-state index contributed by atoms with van der Waals surface area (Å²) in [4.78, 5) is 52.0. The number of nitrogens with one attached hydrogen (secondary N) is 5. The molecule has 1 heterocycles. The highest BCUT2D eigenvalue weighted by molar-refractivity contribution is 7.90. The predicted molar refractivity (Wildman–Crippen MR) is 146 cm³/mol. The lowest BCUT2D eigenvalue weighted by atomic mass is 10.2. The molecule has 1 rings (SSSR count). The van der Waals surface area contributed by atoms with Gasteiger partial charge in [-0.2, -0.15) is 5.26 Å². The lowest BCUT2D eigenvalue weighted by Gasteiger charge is -2.14. The fraction of sp³-hybridized carbons (Fsp3) is 0.600. The second kappa shape index (κ2) is 19.5. The molecule has 0 radical (unpaired) electrons. The van der Waals surface area contributed by atoms with Gasteiger partial charge in [0, 0.05) is 25.8 Å². The minimum Gasteiger partial charge on any atom is -0.354 e. The zero-order valence-corrected chi connectivity index (χ0v) is 24.2. The lowest BCUT2D eigenvalue weighted by Crippen LogP contribution is -2.48. The molecule has 13 nitrogen and oxygen atoms in total. The summed E-state index contributed by atoms with van der Waals surface area (Å²) in [5.41, 5.74) is -0.405. The first-order valence-corrected chi connectivity index (χ1v) is 14.8. The van der Waals surface area contributed by atoms with Gasteiger partial charge < -0.3 is 26.6 Å². The summed E-state index contributed by atoms with van der Waals surface area (Å²) in [7, 11) is -3.82. The van der Waals surface area contributed by atoms with Crippen molar-refractivity contribution in [2.45, 2.75) is 64.4 Å². The Kier molecular flexibility index (Phi) is 17.7. The first-order chi connectivity index (χ1) is 18.5. The van der Waals surface area contributed by atoms with Crippen molar-refractivity contribution in [3.8, 4) is 6.07 Å². The number of sulfone groups is 1. The van der Waals surface area contributed by atoms with Crippen LogP contribution in [-0.4, -0.2) is 82.1 Å². The van der Waals surface area contributed by atoms with Crippen molar-refractivity contribution < 1.29 is 27.6 Å². The number of carbonyl (C=O) groups is 4. The molecule has 5 N–H and O–H groups in total. The van der Waals surface area contributed by atoms with Crippen molar-refractivity contribution in [2.75, 3.05) is 39.0 Å². The summed E-state index contributed by atoms with van der Waals surface area (Å²) in [6, 6.07) is 3.31. The molecule has 1 aromatic heterocycles. The van der Waals surface area contributed by atoms with Gasteiger partial charge in [-0.15, -0.1) is 0 Å². The van der Waals surface area contributed by atoms with Gasteiger partial charge in [-0.1, -0.05) is 27.2 Å². The normalized spacial score (nSPS) is 11.2. The summed E-state index contributed by atoms with van der Waals surface area (Å²) in [6.07, 6.45) is 3.70. The molecule has 0 aliphatic carbocycles. The second-order valence-electron chi connectivity index (χ2n) is 8.25. The first kappa shape index (κ1) is 35.4. The second-order valence-corrected chi connectivity index (χ2v) is 10.2. The molecule has 1 unspecified atom stereocenters. The highest BCUT2D eigenvalue weighted by Gasteiger charge is 2.19. The largest absolute Gasteiger partial charge is 0.354 e. The first-order valence-electron chi connectivity index (χ1n) is 12.9. The number of nitriles is 1. The summed E-state index contributed by atoms with van der Waals surface area (Å²) in [6.45, 7) is 9.41. The van der Waals surface area contributed by atoms with Gasteiger partial charge in [0.05, 0.1) is 12.1 Å². The third-order valence-corrected chi connectivity index (χ3v) is 5.97. The minimum absolute atomic E-state index is 0.103. The van der Waals surface area contributed by atoms with E-state index in [0.717, 1.165) is 38.6 Å². The topological polar surface area (TPSA) is 199 Å². The van der Waals surface area contributed by atoms with E-state index in [2.05, 4.69) is 38.5 Å². The summed E-state index contributed by atoms with van der Waals surface area (Å²) in [5, 5.41) is 21.8. The van der Waals surface area contributed by atoms with Gasteiger partial charge in [-0.25, -0.2) is 13.4 Å². The predicted octanol–water partition coefficient (Wildman–Crippen LogP) is 0.0198. The number of rotatable bonds is 16. The Morgan fingerprint density at radius 2 is 1.64 bits per heavy atom. The fourth-order valence-corrected chi connectivity index (χ4v) is 3.72. The molecule has 0 aliphatic heterocycles. The fourth-order valence-electron chi connectivity index (χ4n) is 2.94. The van der Waals surface area contributed by atoms with Crippen molar-refractivity contribution in [3.63, 3.8) is 0 Å². The van der Waals surface area contributed by atoms with Crippen molar-refractivity contribution in [2.24, 2.45) is 0 Å².